The van der Waals surface area contributed by atoms with Crippen LogP contribution in [0.25, 0.3) is 10.8 Å². The Morgan fingerprint density at radius 2 is 1.77 bits per heavy atom. The van der Waals surface area contributed by atoms with E-state index in [9.17, 15) is 9.59 Å². The monoisotopic (exact) mass is 403 g/mol. The van der Waals surface area contributed by atoms with Crippen molar-refractivity contribution in [2.45, 2.75) is 38.3 Å². The number of amides is 1. The maximum atomic E-state index is 13.0. The first-order valence-electron chi connectivity index (χ1n) is 10.1. The molecule has 0 aromatic heterocycles. The Kier molecular flexibility index (Phi) is 5.44. The summed E-state index contributed by atoms with van der Waals surface area (Å²) < 4.78 is 11.2. The summed E-state index contributed by atoms with van der Waals surface area (Å²) in [6.07, 6.45) is 0.183. The van der Waals surface area contributed by atoms with E-state index in [1.807, 2.05) is 67.6 Å². The number of esters is 1. The van der Waals surface area contributed by atoms with Crippen LogP contribution in [0.5, 0.6) is 5.75 Å². The molecule has 0 unspecified atom stereocenters. The molecule has 0 fully saturated rings. The van der Waals surface area contributed by atoms with Crippen molar-refractivity contribution in [2.24, 2.45) is 0 Å². The second-order valence-electron chi connectivity index (χ2n) is 7.75. The number of fused-ring (bicyclic) bond motifs is 2. The molecule has 1 N–H and O–H groups in total. The van der Waals surface area contributed by atoms with E-state index in [2.05, 4.69) is 5.32 Å². The molecule has 0 spiro atoms. The molecule has 1 aliphatic rings. The number of nitrogens with one attached hydrogen (secondary N) is 1. The molecule has 1 aliphatic carbocycles. The maximum Gasteiger partial charge on any atom is 0.313 e. The molecule has 30 heavy (non-hydrogen) atoms. The van der Waals surface area contributed by atoms with E-state index in [1.54, 1.807) is 7.11 Å². The van der Waals surface area contributed by atoms with Crippen molar-refractivity contribution >= 4 is 22.6 Å². The average Bonchev–Trinajstić information content (AvgIpc) is 3.08. The van der Waals surface area contributed by atoms with Gasteiger partial charge in [0.2, 0.25) is 5.91 Å². The van der Waals surface area contributed by atoms with Crippen LogP contribution in [0.2, 0.25) is 0 Å². The Labute approximate surface area is 176 Å². The van der Waals surface area contributed by atoms with Crippen LogP contribution < -0.4 is 10.1 Å². The Hall–Kier alpha value is -3.34. The minimum atomic E-state index is -0.418. The zero-order valence-corrected chi connectivity index (χ0v) is 17.3. The molecule has 0 aliphatic heterocycles. The molecular weight excluding hydrogens is 378 g/mol. The summed E-state index contributed by atoms with van der Waals surface area (Å²) in [5.74, 6) is -0.0579. The number of carbonyl (C=O) groups is 2. The fourth-order valence-corrected chi connectivity index (χ4v) is 4.08. The van der Waals surface area contributed by atoms with Crippen LogP contribution >= 0.6 is 0 Å². The number of hydrogen-bond acceptors (Lipinski definition) is 4. The van der Waals surface area contributed by atoms with Gasteiger partial charge in [-0.05, 0) is 46.5 Å². The predicted molar refractivity (Wildman–Crippen MR) is 115 cm³/mol. The average molecular weight is 403 g/mol. The highest BCUT2D eigenvalue weighted by Crippen LogP contribution is 2.34. The van der Waals surface area contributed by atoms with Gasteiger partial charge in [-0.25, -0.2) is 0 Å². The predicted octanol–water partition coefficient (Wildman–Crippen LogP) is 4.30. The Morgan fingerprint density at radius 1 is 1.03 bits per heavy atom. The number of methoxy groups -OCH3 is 1. The third kappa shape index (κ3) is 3.88. The summed E-state index contributed by atoms with van der Waals surface area (Å²) in [7, 11) is 1.64. The second kappa shape index (κ2) is 8.19. The number of carbonyl (C=O) groups excluding carboxylic acids is 2. The van der Waals surface area contributed by atoms with E-state index in [0.29, 0.717) is 6.42 Å². The molecule has 0 radical (unpaired) electrons. The fraction of sp³-hybridized carbons (Fsp3) is 0.280. The first-order valence-corrected chi connectivity index (χ1v) is 10.1. The molecule has 0 saturated carbocycles. The first-order chi connectivity index (χ1) is 14.5. The lowest BCUT2D eigenvalue weighted by Crippen LogP contribution is -2.35. The van der Waals surface area contributed by atoms with Crippen molar-refractivity contribution in [3.05, 3.63) is 77.4 Å². The highest BCUT2D eigenvalue weighted by Gasteiger charge is 2.36. The van der Waals surface area contributed by atoms with E-state index in [0.717, 1.165) is 33.2 Å². The van der Waals surface area contributed by atoms with E-state index in [1.165, 1.54) is 6.92 Å². The van der Waals surface area contributed by atoms with Crippen molar-refractivity contribution in [2.75, 3.05) is 7.11 Å². The lowest BCUT2D eigenvalue weighted by molar-refractivity contribution is -0.152. The van der Waals surface area contributed by atoms with Gasteiger partial charge in [0, 0.05) is 13.3 Å². The largest absolute Gasteiger partial charge is 0.497 e. The molecule has 154 valence electrons. The number of hydrogen-bond donors (Lipinski definition) is 1. The standard InChI is InChI=1S/C25H25NO4/c1-15(17-8-9-19-13-21(29-3)11-10-18(19)12-17)25(28)30-23-14-20-6-4-5-7-22(20)24(23)26-16(2)27/h4-13,15,23-24H,14H2,1-3H3,(H,26,27)/t15-,23+,24-/m1/s1. The van der Waals surface area contributed by atoms with Gasteiger partial charge < -0.3 is 14.8 Å². The lowest BCUT2D eigenvalue weighted by Gasteiger charge is -2.23. The van der Waals surface area contributed by atoms with Crippen molar-refractivity contribution in [3.63, 3.8) is 0 Å². The third-order valence-corrected chi connectivity index (χ3v) is 5.73. The summed E-state index contributed by atoms with van der Waals surface area (Å²) in [4.78, 5) is 24.7. The van der Waals surface area contributed by atoms with Crippen LogP contribution in [0.1, 0.15) is 42.5 Å². The summed E-state index contributed by atoms with van der Waals surface area (Å²) in [6, 6.07) is 19.4. The van der Waals surface area contributed by atoms with Crippen LogP contribution in [-0.2, 0) is 20.7 Å². The topological polar surface area (TPSA) is 64.6 Å². The van der Waals surface area contributed by atoms with E-state index >= 15 is 0 Å². The van der Waals surface area contributed by atoms with E-state index in [-0.39, 0.29) is 17.9 Å². The summed E-state index contributed by atoms with van der Waals surface area (Å²) >= 11 is 0. The zero-order chi connectivity index (χ0) is 21.3. The highest BCUT2D eigenvalue weighted by molar-refractivity contribution is 5.87. The minimum Gasteiger partial charge on any atom is -0.497 e. The normalized spacial score (nSPS) is 18.5. The minimum absolute atomic E-state index is 0.143. The molecule has 5 nitrogen and oxygen atoms in total. The molecule has 0 bridgehead atoms. The molecule has 0 heterocycles. The van der Waals surface area contributed by atoms with Gasteiger partial charge in [-0.15, -0.1) is 0 Å². The Bertz CT molecular complexity index is 1110. The van der Waals surface area contributed by atoms with Crippen LogP contribution in [0.4, 0.5) is 0 Å². The molecule has 3 aromatic rings. The first kappa shape index (κ1) is 20.0. The number of benzene rings is 3. The Morgan fingerprint density at radius 3 is 2.53 bits per heavy atom. The van der Waals surface area contributed by atoms with Crippen LogP contribution in [0.3, 0.4) is 0 Å². The van der Waals surface area contributed by atoms with Crippen LogP contribution in [0, 0.1) is 0 Å². The molecule has 1 amide bonds. The van der Waals surface area contributed by atoms with Crippen molar-refractivity contribution in [3.8, 4) is 5.75 Å². The second-order valence-corrected chi connectivity index (χ2v) is 7.75. The highest BCUT2D eigenvalue weighted by atomic mass is 16.5. The van der Waals surface area contributed by atoms with E-state index in [4.69, 9.17) is 9.47 Å². The zero-order valence-electron chi connectivity index (χ0n) is 17.3. The van der Waals surface area contributed by atoms with Crippen molar-refractivity contribution in [1.29, 1.82) is 0 Å². The van der Waals surface area contributed by atoms with Crippen molar-refractivity contribution in [1.82, 2.24) is 5.32 Å². The van der Waals surface area contributed by atoms with Gasteiger partial charge in [0.25, 0.3) is 0 Å². The molecule has 3 aromatic carbocycles. The van der Waals surface area contributed by atoms with Gasteiger partial charge in [0.1, 0.15) is 11.9 Å². The smallest absolute Gasteiger partial charge is 0.313 e. The summed E-state index contributed by atoms with van der Waals surface area (Å²) in [5.41, 5.74) is 3.00. The van der Waals surface area contributed by atoms with Gasteiger partial charge in [-0.3, -0.25) is 9.59 Å². The fourth-order valence-electron chi connectivity index (χ4n) is 4.08. The van der Waals surface area contributed by atoms with E-state index < -0.39 is 12.0 Å². The molecule has 4 rings (SSSR count). The van der Waals surface area contributed by atoms with Gasteiger partial charge in [0.05, 0.1) is 19.1 Å². The van der Waals surface area contributed by atoms with Gasteiger partial charge in [-0.1, -0.05) is 48.5 Å². The number of rotatable bonds is 5. The molecular formula is C25H25NO4. The van der Waals surface area contributed by atoms with Crippen LogP contribution in [-0.4, -0.2) is 25.1 Å². The van der Waals surface area contributed by atoms with Crippen LogP contribution in [0.15, 0.2) is 60.7 Å². The van der Waals surface area contributed by atoms with Gasteiger partial charge in [0.15, 0.2) is 0 Å². The van der Waals surface area contributed by atoms with Gasteiger partial charge >= 0.3 is 5.97 Å². The maximum absolute atomic E-state index is 13.0. The third-order valence-electron chi connectivity index (χ3n) is 5.73. The Balaban J connectivity index is 1.53. The summed E-state index contributed by atoms with van der Waals surface area (Å²) in [5, 5.41) is 5.03. The molecule has 3 atom stereocenters. The molecule has 5 heteroatoms. The number of ether oxygens (including phenoxy) is 2. The molecule has 0 saturated heterocycles. The lowest BCUT2D eigenvalue weighted by atomic mass is 9.97. The van der Waals surface area contributed by atoms with Crippen molar-refractivity contribution < 1.29 is 19.1 Å². The quantitative estimate of drug-likeness (QED) is 0.645. The summed E-state index contributed by atoms with van der Waals surface area (Å²) in [6.45, 7) is 3.33. The SMILES string of the molecule is COc1ccc2cc([C@@H](C)C(=O)O[C@H]3Cc4ccccc4[C@H]3NC(C)=O)ccc2c1. The van der Waals surface area contributed by atoms with Gasteiger partial charge in [-0.2, -0.15) is 0 Å².